The van der Waals surface area contributed by atoms with Gasteiger partial charge in [-0.15, -0.1) is 0 Å². The summed E-state index contributed by atoms with van der Waals surface area (Å²) in [5, 5.41) is 9.65. The molecule has 0 aliphatic carbocycles. The van der Waals surface area contributed by atoms with Crippen LogP contribution < -0.4 is 0 Å². The van der Waals surface area contributed by atoms with E-state index >= 15 is 0 Å². The van der Waals surface area contributed by atoms with Crippen LogP contribution in [0.15, 0.2) is 16.5 Å². The third-order valence-electron chi connectivity index (χ3n) is 4.57. The fourth-order valence-electron chi connectivity index (χ4n) is 3.26. The Balaban J connectivity index is 1.97. The van der Waals surface area contributed by atoms with E-state index in [0.29, 0.717) is 23.5 Å². The number of hydrogen-bond acceptors (Lipinski definition) is 3. The van der Waals surface area contributed by atoms with Crippen molar-refractivity contribution in [1.29, 1.82) is 0 Å². The number of hydrogen-bond donors (Lipinski definition) is 1. The molecule has 0 spiro atoms. The molecule has 1 aliphatic rings. The molecule has 1 unspecified atom stereocenters. The number of rotatable bonds is 3. The number of aryl methyl sites for hydroxylation is 1. The predicted octanol–water partition coefficient (Wildman–Crippen LogP) is 3.95. The minimum absolute atomic E-state index is 0.0327. The molecule has 1 aliphatic heterocycles. The second-order valence-corrected chi connectivity index (χ2v) is 6.13. The summed E-state index contributed by atoms with van der Waals surface area (Å²) in [4.78, 5) is 13.5. The predicted molar refractivity (Wildman–Crippen MR) is 81.6 cm³/mol. The van der Waals surface area contributed by atoms with Gasteiger partial charge in [-0.3, -0.25) is 4.90 Å². The van der Waals surface area contributed by atoms with Gasteiger partial charge in [-0.1, -0.05) is 6.42 Å². The monoisotopic (exact) mass is 305 g/mol. The highest BCUT2D eigenvalue weighted by Gasteiger charge is 2.22. The fraction of sp³-hybridized carbons (Fsp3) is 0.471. The van der Waals surface area contributed by atoms with E-state index in [0.717, 1.165) is 12.1 Å². The van der Waals surface area contributed by atoms with Gasteiger partial charge in [0.25, 0.3) is 0 Å². The molecule has 0 saturated carbocycles. The lowest BCUT2D eigenvalue weighted by molar-refractivity contribution is 0.0663. The Morgan fingerprint density at radius 1 is 1.45 bits per heavy atom. The van der Waals surface area contributed by atoms with Crippen LogP contribution in [0.4, 0.5) is 4.39 Å². The van der Waals surface area contributed by atoms with Crippen molar-refractivity contribution >= 4 is 16.9 Å². The van der Waals surface area contributed by atoms with Crippen molar-refractivity contribution < 1.29 is 18.7 Å². The molecule has 22 heavy (non-hydrogen) atoms. The van der Waals surface area contributed by atoms with Crippen LogP contribution in [0.2, 0.25) is 0 Å². The molecule has 1 aromatic carbocycles. The van der Waals surface area contributed by atoms with Crippen LogP contribution in [-0.4, -0.2) is 28.6 Å². The lowest BCUT2D eigenvalue weighted by Gasteiger charge is -2.33. The molecule has 1 aromatic heterocycles. The van der Waals surface area contributed by atoms with Crippen LogP contribution in [0, 0.1) is 12.7 Å². The second-order valence-electron chi connectivity index (χ2n) is 6.13. The molecule has 3 rings (SSSR count). The summed E-state index contributed by atoms with van der Waals surface area (Å²) in [7, 11) is 0. The minimum atomic E-state index is -1.17. The molecule has 4 nitrogen and oxygen atoms in total. The van der Waals surface area contributed by atoms with E-state index in [4.69, 9.17) is 9.52 Å². The van der Waals surface area contributed by atoms with Crippen LogP contribution in [0.5, 0.6) is 0 Å². The highest BCUT2D eigenvalue weighted by molar-refractivity contribution is 5.95. The number of likely N-dealkylation sites (tertiary alicyclic amines) is 1. The summed E-state index contributed by atoms with van der Waals surface area (Å²) in [6.07, 6.45) is 3.58. The van der Waals surface area contributed by atoms with Gasteiger partial charge in [0.2, 0.25) is 5.76 Å². The van der Waals surface area contributed by atoms with E-state index in [1.54, 1.807) is 6.92 Å². The van der Waals surface area contributed by atoms with Crippen molar-refractivity contribution in [2.75, 3.05) is 6.54 Å². The van der Waals surface area contributed by atoms with Gasteiger partial charge < -0.3 is 9.52 Å². The summed E-state index contributed by atoms with van der Waals surface area (Å²) in [6, 6.07) is 3.80. The van der Waals surface area contributed by atoms with Crippen LogP contribution in [0.1, 0.15) is 47.9 Å². The molecular weight excluding hydrogens is 285 g/mol. The number of carboxylic acids is 1. The molecular formula is C17H20FNO3. The first kappa shape index (κ1) is 15.0. The van der Waals surface area contributed by atoms with Crippen molar-refractivity contribution in [1.82, 2.24) is 4.90 Å². The Hall–Kier alpha value is -1.88. The molecule has 1 atom stereocenters. The van der Waals surface area contributed by atoms with E-state index in [2.05, 4.69) is 11.8 Å². The first-order valence-electron chi connectivity index (χ1n) is 7.66. The maximum absolute atomic E-state index is 14.2. The highest BCUT2D eigenvalue weighted by atomic mass is 19.1. The number of furan rings is 1. The molecule has 2 heterocycles. The maximum Gasteiger partial charge on any atom is 0.372 e. The van der Waals surface area contributed by atoms with E-state index < -0.39 is 11.8 Å². The lowest BCUT2D eigenvalue weighted by atomic mass is 10.0. The number of carbonyl (C=O) groups is 1. The van der Waals surface area contributed by atoms with Crippen LogP contribution >= 0.6 is 0 Å². The van der Waals surface area contributed by atoms with Crippen LogP contribution in [-0.2, 0) is 6.54 Å². The number of nitrogens with zero attached hydrogens (tertiary/aromatic N) is 1. The zero-order chi connectivity index (χ0) is 15.9. The van der Waals surface area contributed by atoms with Gasteiger partial charge in [-0.05, 0) is 50.9 Å². The van der Waals surface area contributed by atoms with Gasteiger partial charge in [-0.25, -0.2) is 9.18 Å². The topological polar surface area (TPSA) is 53.7 Å². The summed E-state index contributed by atoms with van der Waals surface area (Å²) in [6.45, 7) is 5.55. The number of piperidine rings is 1. The van der Waals surface area contributed by atoms with E-state index in [9.17, 15) is 9.18 Å². The van der Waals surface area contributed by atoms with E-state index in [1.807, 2.05) is 6.07 Å². The third kappa shape index (κ3) is 2.61. The number of benzene rings is 1. The zero-order valence-corrected chi connectivity index (χ0v) is 12.9. The van der Waals surface area contributed by atoms with Gasteiger partial charge >= 0.3 is 5.97 Å². The van der Waals surface area contributed by atoms with E-state index in [-0.39, 0.29) is 11.3 Å². The molecule has 5 heteroatoms. The molecule has 1 fully saturated rings. The Kier molecular flexibility index (Phi) is 3.91. The summed E-state index contributed by atoms with van der Waals surface area (Å²) in [5.41, 5.74) is 1.37. The number of fused-ring (bicyclic) bond motifs is 1. The summed E-state index contributed by atoms with van der Waals surface area (Å²) < 4.78 is 19.4. The van der Waals surface area contributed by atoms with Crippen molar-refractivity contribution in [2.45, 2.75) is 45.7 Å². The molecule has 0 amide bonds. The molecule has 0 bridgehead atoms. The number of aromatic carboxylic acids is 1. The standard InChI is InChI=1S/C17H20FNO3/c1-10-5-3-4-6-19(10)9-12-7-13-11(2)15(17(20)21)22-16(13)14(18)8-12/h7-8,10H,3-6,9H2,1-2H3,(H,20,21). The van der Waals surface area contributed by atoms with Crippen molar-refractivity contribution in [2.24, 2.45) is 0 Å². The average Bonchev–Trinajstić information content (AvgIpc) is 2.80. The third-order valence-corrected chi connectivity index (χ3v) is 4.57. The minimum Gasteiger partial charge on any atom is -0.475 e. The fourth-order valence-corrected chi connectivity index (χ4v) is 3.26. The van der Waals surface area contributed by atoms with Crippen molar-refractivity contribution in [3.8, 4) is 0 Å². The van der Waals surface area contributed by atoms with Gasteiger partial charge in [0.05, 0.1) is 0 Å². The van der Waals surface area contributed by atoms with Gasteiger partial charge in [0.15, 0.2) is 11.4 Å². The molecule has 118 valence electrons. The van der Waals surface area contributed by atoms with Gasteiger partial charge in [0.1, 0.15) is 0 Å². The van der Waals surface area contributed by atoms with Gasteiger partial charge in [0, 0.05) is 23.5 Å². The second kappa shape index (κ2) is 5.72. The highest BCUT2D eigenvalue weighted by Crippen LogP contribution is 2.30. The summed E-state index contributed by atoms with van der Waals surface area (Å²) in [5.74, 6) is -1.84. The largest absolute Gasteiger partial charge is 0.475 e. The Bertz CT molecular complexity index is 722. The molecule has 0 radical (unpaired) electrons. The zero-order valence-electron chi connectivity index (χ0n) is 12.9. The molecule has 1 saturated heterocycles. The first-order chi connectivity index (χ1) is 10.5. The lowest BCUT2D eigenvalue weighted by Crippen LogP contribution is -2.36. The number of carboxylic acid groups (broad SMARTS) is 1. The number of halogens is 1. The van der Waals surface area contributed by atoms with Gasteiger partial charge in [-0.2, -0.15) is 0 Å². The van der Waals surface area contributed by atoms with E-state index in [1.165, 1.54) is 25.3 Å². The average molecular weight is 305 g/mol. The maximum atomic E-state index is 14.2. The smallest absolute Gasteiger partial charge is 0.372 e. The van der Waals surface area contributed by atoms with Crippen molar-refractivity contribution in [3.05, 3.63) is 34.8 Å². The van der Waals surface area contributed by atoms with Crippen LogP contribution in [0.3, 0.4) is 0 Å². The quantitative estimate of drug-likeness (QED) is 0.932. The molecule has 1 N–H and O–H groups in total. The molecule has 2 aromatic rings. The first-order valence-corrected chi connectivity index (χ1v) is 7.66. The Labute approximate surface area is 128 Å². The summed E-state index contributed by atoms with van der Waals surface area (Å²) >= 11 is 0. The normalized spacial score (nSPS) is 19.7. The van der Waals surface area contributed by atoms with Crippen LogP contribution in [0.25, 0.3) is 11.0 Å². The Morgan fingerprint density at radius 3 is 2.91 bits per heavy atom. The van der Waals surface area contributed by atoms with Crippen molar-refractivity contribution in [3.63, 3.8) is 0 Å². The SMILES string of the molecule is Cc1c(C(=O)O)oc2c(F)cc(CN3CCCCC3C)cc12. The Morgan fingerprint density at radius 2 is 2.23 bits per heavy atom.